The second-order valence-corrected chi connectivity index (χ2v) is 7.50. The molecule has 1 N–H and O–H groups in total. The molecule has 0 spiro atoms. The van der Waals surface area contributed by atoms with Gasteiger partial charge in [-0.15, -0.1) is 0 Å². The third-order valence-electron chi connectivity index (χ3n) is 5.30. The molecule has 4 heteroatoms. The first kappa shape index (κ1) is 18.1. The van der Waals surface area contributed by atoms with E-state index in [0.29, 0.717) is 28.2 Å². The minimum atomic E-state index is -0.145. The van der Waals surface area contributed by atoms with E-state index in [4.69, 9.17) is 4.42 Å². The van der Waals surface area contributed by atoms with Gasteiger partial charge >= 0.3 is 0 Å². The van der Waals surface area contributed by atoms with Gasteiger partial charge in [-0.25, -0.2) is 4.98 Å². The lowest BCUT2D eigenvalue weighted by Crippen LogP contribution is -2.12. The van der Waals surface area contributed by atoms with Crippen molar-refractivity contribution < 1.29 is 9.21 Å². The Labute approximate surface area is 174 Å². The van der Waals surface area contributed by atoms with Crippen LogP contribution < -0.4 is 5.32 Å². The number of benzene rings is 4. The van der Waals surface area contributed by atoms with E-state index in [1.165, 1.54) is 0 Å². The van der Waals surface area contributed by atoms with Crippen LogP contribution in [0, 0.1) is 13.8 Å². The molecule has 1 heterocycles. The number of aromatic nitrogens is 1. The number of carbonyl (C=O) groups is 1. The van der Waals surface area contributed by atoms with Gasteiger partial charge in [0, 0.05) is 16.8 Å². The van der Waals surface area contributed by atoms with Crippen LogP contribution in [0.25, 0.3) is 33.3 Å². The minimum Gasteiger partial charge on any atom is -0.436 e. The maximum absolute atomic E-state index is 13.0. The average molecular weight is 392 g/mol. The molecular formula is C26H20N2O2. The van der Waals surface area contributed by atoms with Crippen molar-refractivity contribution in [2.24, 2.45) is 0 Å². The van der Waals surface area contributed by atoms with Gasteiger partial charge in [-0.05, 0) is 66.6 Å². The molecule has 0 saturated heterocycles. The van der Waals surface area contributed by atoms with Crippen molar-refractivity contribution in [2.75, 3.05) is 5.32 Å². The average Bonchev–Trinajstić information content (AvgIpc) is 3.18. The van der Waals surface area contributed by atoms with Crippen LogP contribution in [0.1, 0.15) is 21.5 Å². The van der Waals surface area contributed by atoms with Crippen LogP contribution in [-0.2, 0) is 0 Å². The maximum Gasteiger partial charge on any atom is 0.256 e. The number of hydrogen-bond donors (Lipinski definition) is 1. The lowest BCUT2D eigenvalue weighted by molar-refractivity contribution is 0.102. The highest BCUT2D eigenvalue weighted by Crippen LogP contribution is 2.28. The molecule has 0 atom stereocenters. The summed E-state index contributed by atoms with van der Waals surface area (Å²) >= 11 is 0. The Kier molecular flexibility index (Phi) is 4.32. The molecule has 5 rings (SSSR count). The molecular weight excluding hydrogens is 372 g/mol. The van der Waals surface area contributed by atoms with E-state index in [1.807, 2.05) is 92.7 Å². The zero-order valence-corrected chi connectivity index (χ0v) is 16.8. The van der Waals surface area contributed by atoms with E-state index < -0.39 is 0 Å². The van der Waals surface area contributed by atoms with Gasteiger partial charge in [-0.3, -0.25) is 4.79 Å². The number of hydrogen-bond acceptors (Lipinski definition) is 3. The Morgan fingerprint density at radius 1 is 0.867 bits per heavy atom. The number of rotatable bonds is 3. The van der Waals surface area contributed by atoms with Crippen molar-refractivity contribution in [1.82, 2.24) is 4.98 Å². The molecule has 0 bridgehead atoms. The SMILES string of the molecule is Cc1cccc(-c2nc3cc(NC(=O)c4ccc(C)c5ccccc45)ccc3o2)c1. The van der Waals surface area contributed by atoms with Gasteiger partial charge in [0.25, 0.3) is 5.91 Å². The third-order valence-corrected chi connectivity index (χ3v) is 5.30. The Hall–Kier alpha value is -3.92. The molecule has 0 saturated carbocycles. The Bertz CT molecular complexity index is 1420. The summed E-state index contributed by atoms with van der Waals surface area (Å²) in [6, 6.07) is 25.4. The predicted octanol–water partition coefficient (Wildman–Crippen LogP) is 6.52. The standard InChI is InChI=1S/C26H20N2O2/c1-16-6-5-7-18(14-16)26-28-23-15-19(11-13-24(23)30-26)27-25(29)22-12-10-17(2)20-8-3-4-9-21(20)22/h3-15H,1-2H3,(H,27,29). The Balaban J connectivity index is 1.47. The van der Waals surface area contributed by atoms with Crippen molar-refractivity contribution in [3.63, 3.8) is 0 Å². The highest BCUT2D eigenvalue weighted by Gasteiger charge is 2.13. The van der Waals surface area contributed by atoms with E-state index in [1.54, 1.807) is 0 Å². The second kappa shape index (κ2) is 7.16. The molecule has 1 aromatic heterocycles. The lowest BCUT2D eigenvalue weighted by Gasteiger charge is -2.10. The fourth-order valence-electron chi connectivity index (χ4n) is 3.75. The van der Waals surface area contributed by atoms with Gasteiger partial charge in [0.15, 0.2) is 5.58 Å². The topological polar surface area (TPSA) is 55.1 Å². The molecule has 0 unspecified atom stereocenters. The number of anilines is 1. The number of nitrogens with zero attached hydrogens (tertiary/aromatic N) is 1. The molecule has 0 aliphatic heterocycles. The Morgan fingerprint density at radius 3 is 2.53 bits per heavy atom. The van der Waals surface area contributed by atoms with Crippen molar-refractivity contribution in [2.45, 2.75) is 13.8 Å². The molecule has 146 valence electrons. The number of oxazole rings is 1. The Morgan fingerprint density at radius 2 is 1.70 bits per heavy atom. The lowest BCUT2D eigenvalue weighted by atomic mass is 10.00. The first-order chi connectivity index (χ1) is 14.6. The summed E-state index contributed by atoms with van der Waals surface area (Å²) in [4.78, 5) is 17.6. The van der Waals surface area contributed by atoms with Crippen LogP contribution in [-0.4, -0.2) is 10.9 Å². The summed E-state index contributed by atoms with van der Waals surface area (Å²) in [5, 5.41) is 5.03. The molecule has 30 heavy (non-hydrogen) atoms. The van der Waals surface area contributed by atoms with Crippen LogP contribution in [0.2, 0.25) is 0 Å². The van der Waals surface area contributed by atoms with Crippen LogP contribution >= 0.6 is 0 Å². The minimum absolute atomic E-state index is 0.145. The first-order valence-electron chi connectivity index (χ1n) is 9.86. The normalized spacial score (nSPS) is 11.1. The van der Waals surface area contributed by atoms with E-state index >= 15 is 0 Å². The van der Waals surface area contributed by atoms with Crippen molar-refractivity contribution in [3.8, 4) is 11.5 Å². The smallest absolute Gasteiger partial charge is 0.256 e. The molecule has 0 fully saturated rings. The van der Waals surface area contributed by atoms with E-state index in [-0.39, 0.29) is 5.91 Å². The van der Waals surface area contributed by atoms with Crippen LogP contribution in [0.5, 0.6) is 0 Å². The largest absolute Gasteiger partial charge is 0.436 e. The molecule has 4 nitrogen and oxygen atoms in total. The highest BCUT2D eigenvalue weighted by molar-refractivity contribution is 6.13. The molecule has 0 radical (unpaired) electrons. The highest BCUT2D eigenvalue weighted by atomic mass is 16.3. The van der Waals surface area contributed by atoms with Gasteiger partial charge in [-0.1, -0.05) is 48.0 Å². The zero-order valence-electron chi connectivity index (χ0n) is 16.8. The van der Waals surface area contributed by atoms with Crippen LogP contribution in [0.15, 0.2) is 83.3 Å². The summed E-state index contributed by atoms with van der Waals surface area (Å²) < 4.78 is 5.90. The number of amides is 1. The first-order valence-corrected chi connectivity index (χ1v) is 9.86. The summed E-state index contributed by atoms with van der Waals surface area (Å²) in [6.07, 6.45) is 0. The quantitative estimate of drug-likeness (QED) is 0.380. The maximum atomic E-state index is 13.0. The van der Waals surface area contributed by atoms with E-state index in [2.05, 4.69) is 10.3 Å². The van der Waals surface area contributed by atoms with E-state index in [9.17, 15) is 4.79 Å². The second-order valence-electron chi connectivity index (χ2n) is 7.50. The molecule has 1 amide bonds. The molecule has 0 aliphatic rings. The molecule has 5 aromatic rings. The van der Waals surface area contributed by atoms with Gasteiger partial charge in [0.2, 0.25) is 5.89 Å². The van der Waals surface area contributed by atoms with Crippen molar-refractivity contribution in [1.29, 1.82) is 0 Å². The summed E-state index contributed by atoms with van der Waals surface area (Å²) in [5.41, 5.74) is 5.95. The van der Waals surface area contributed by atoms with Crippen molar-refractivity contribution in [3.05, 3.63) is 95.6 Å². The van der Waals surface area contributed by atoms with E-state index in [0.717, 1.165) is 27.5 Å². The van der Waals surface area contributed by atoms with Gasteiger partial charge in [0.1, 0.15) is 5.52 Å². The van der Waals surface area contributed by atoms with Gasteiger partial charge in [0.05, 0.1) is 0 Å². The van der Waals surface area contributed by atoms with Crippen LogP contribution in [0.4, 0.5) is 5.69 Å². The fraction of sp³-hybridized carbons (Fsp3) is 0.0769. The molecule has 4 aromatic carbocycles. The van der Waals surface area contributed by atoms with Gasteiger partial charge in [-0.2, -0.15) is 0 Å². The summed E-state index contributed by atoms with van der Waals surface area (Å²) in [7, 11) is 0. The van der Waals surface area contributed by atoms with Crippen molar-refractivity contribution >= 4 is 33.5 Å². The zero-order chi connectivity index (χ0) is 20.7. The number of nitrogens with one attached hydrogen (secondary N) is 1. The monoisotopic (exact) mass is 392 g/mol. The van der Waals surface area contributed by atoms with Crippen LogP contribution in [0.3, 0.4) is 0 Å². The predicted molar refractivity (Wildman–Crippen MR) is 121 cm³/mol. The molecule has 0 aliphatic carbocycles. The number of carbonyl (C=O) groups excluding carboxylic acids is 1. The summed E-state index contributed by atoms with van der Waals surface area (Å²) in [6.45, 7) is 4.09. The fourth-order valence-corrected chi connectivity index (χ4v) is 3.75. The third kappa shape index (κ3) is 3.22. The number of fused-ring (bicyclic) bond motifs is 2. The summed E-state index contributed by atoms with van der Waals surface area (Å²) in [5.74, 6) is 0.426. The number of aryl methyl sites for hydroxylation is 2. The van der Waals surface area contributed by atoms with Gasteiger partial charge < -0.3 is 9.73 Å².